The van der Waals surface area contributed by atoms with Gasteiger partial charge in [-0.3, -0.25) is 0 Å². The van der Waals surface area contributed by atoms with Gasteiger partial charge in [-0.25, -0.2) is 4.98 Å². The molecule has 0 bridgehead atoms. The summed E-state index contributed by atoms with van der Waals surface area (Å²) in [5.41, 5.74) is 4.53. The van der Waals surface area contributed by atoms with Gasteiger partial charge in [-0.1, -0.05) is 30.3 Å². The number of hydrogen-bond donors (Lipinski definition) is 0. The summed E-state index contributed by atoms with van der Waals surface area (Å²) in [5, 5.41) is 8.84. The number of nitrogens with zero attached hydrogens (tertiary/aromatic N) is 4. The van der Waals surface area contributed by atoms with Crippen molar-refractivity contribution in [1.29, 1.82) is 5.26 Å². The number of hydrogen-bond acceptors (Lipinski definition) is 3. The predicted octanol–water partition coefficient (Wildman–Crippen LogP) is 4.07. The Kier molecular flexibility index (Phi) is 4.93. The molecule has 0 fully saturated rings. The van der Waals surface area contributed by atoms with E-state index < -0.39 is 0 Å². The number of rotatable bonds is 6. The summed E-state index contributed by atoms with van der Waals surface area (Å²) >= 11 is 0. The molecular weight excluding hydrogens is 296 g/mol. The van der Waals surface area contributed by atoms with Crippen molar-refractivity contribution in [2.24, 2.45) is 0 Å². The molecule has 3 rings (SSSR count). The number of aromatic nitrogens is 2. The molecule has 1 aromatic heterocycles. The minimum absolute atomic E-state index is 0.562. The van der Waals surface area contributed by atoms with Crippen molar-refractivity contribution >= 4 is 11.0 Å². The van der Waals surface area contributed by atoms with Gasteiger partial charge in [0.2, 0.25) is 0 Å². The molecular formula is C20H22N4. The third kappa shape index (κ3) is 3.47. The summed E-state index contributed by atoms with van der Waals surface area (Å²) in [5.74, 6) is 0.981. The highest BCUT2D eigenvalue weighted by Crippen LogP contribution is 2.26. The van der Waals surface area contributed by atoms with Crippen LogP contribution in [0.1, 0.15) is 18.4 Å². The highest BCUT2D eigenvalue weighted by Gasteiger charge is 2.12. The van der Waals surface area contributed by atoms with E-state index in [2.05, 4.69) is 60.0 Å². The SMILES string of the molecule is CN(C)Cc1cccc(-c2nc3ccccc3n2CCCC#N)c1. The van der Waals surface area contributed by atoms with Gasteiger partial charge in [-0.05, 0) is 44.3 Å². The molecule has 0 aliphatic rings. The molecule has 0 amide bonds. The molecule has 0 atom stereocenters. The van der Waals surface area contributed by atoms with Crippen molar-refractivity contribution in [3.8, 4) is 17.5 Å². The van der Waals surface area contributed by atoms with Crippen molar-refractivity contribution in [3.05, 3.63) is 54.1 Å². The summed E-state index contributed by atoms with van der Waals surface area (Å²) < 4.78 is 2.24. The topological polar surface area (TPSA) is 44.9 Å². The number of fused-ring (bicyclic) bond motifs is 1. The molecule has 0 aliphatic heterocycles. The molecule has 0 radical (unpaired) electrons. The molecule has 1 heterocycles. The van der Waals surface area contributed by atoms with E-state index in [9.17, 15) is 0 Å². The second-order valence-electron chi connectivity index (χ2n) is 6.28. The predicted molar refractivity (Wildman–Crippen MR) is 97.4 cm³/mol. The van der Waals surface area contributed by atoms with Crippen molar-refractivity contribution in [2.45, 2.75) is 25.9 Å². The normalized spacial score (nSPS) is 11.1. The zero-order valence-electron chi connectivity index (χ0n) is 14.2. The van der Waals surface area contributed by atoms with Crippen LogP contribution in [0.4, 0.5) is 0 Å². The molecule has 0 aliphatic carbocycles. The first kappa shape index (κ1) is 16.2. The van der Waals surface area contributed by atoms with Crippen LogP contribution in [-0.2, 0) is 13.1 Å². The summed E-state index contributed by atoms with van der Waals surface area (Å²) in [6.45, 7) is 1.71. The molecule has 122 valence electrons. The summed E-state index contributed by atoms with van der Waals surface area (Å²) in [7, 11) is 4.15. The summed E-state index contributed by atoms with van der Waals surface area (Å²) in [6, 6.07) is 19.0. The Hall–Kier alpha value is -2.64. The maximum atomic E-state index is 8.84. The lowest BCUT2D eigenvalue weighted by molar-refractivity contribution is 0.402. The van der Waals surface area contributed by atoms with E-state index in [0.29, 0.717) is 6.42 Å². The van der Waals surface area contributed by atoms with Crippen molar-refractivity contribution in [3.63, 3.8) is 0 Å². The third-order valence-corrected chi connectivity index (χ3v) is 4.01. The van der Waals surface area contributed by atoms with Crippen LogP contribution in [0, 0.1) is 11.3 Å². The number of aryl methyl sites for hydroxylation is 1. The van der Waals surface area contributed by atoms with Crippen LogP contribution in [-0.4, -0.2) is 28.5 Å². The molecule has 0 saturated heterocycles. The molecule has 24 heavy (non-hydrogen) atoms. The van der Waals surface area contributed by atoms with Gasteiger partial charge in [0, 0.05) is 25.1 Å². The molecule has 3 aromatic rings. The number of benzene rings is 2. The Balaban J connectivity index is 2.05. The van der Waals surface area contributed by atoms with Gasteiger partial charge in [-0.15, -0.1) is 0 Å². The monoisotopic (exact) mass is 318 g/mol. The lowest BCUT2D eigenvalue weighted by atomic mass is 10.1. The number of unbranched alkanes of at least 4 members (excludes halogenated alkanes) is 1. The van der Waals surface area contributed by atoms with Gasteiger partial charge >= 0.3 is 0 Å². The lowest BCUT2D eigenvalue weighted by Gasteiger charge is -2.12. The van der Waals surface area contributed by atoms with Gasteiger partial charge in [0.05, 0.1) is 17.1 Å². The number of nitriles is 1. The van der Waals surface area contributed by atoms with Crippen LogP contribution in [0.2, 0.25) is 0 Å². The highest BCUT2D eigenvalue weighted by molar-refractivity contribution is 5.80. The molecule has 0 N–H and O–H groups in total. The average Bonchev–Trinajstić information content (AvgIpc) is 2.94. The smallest absolute Gasteiger partial charge is 0.141 e. The fraction of sp³-hybridized carbons (Fsp3) is 0.300. The number of imidazole rings is 1. The summed E-state index contributed by atoms with van der Waals surface area (Å²) in [4.78, 5) is 7.01. The minimum Gasteiger partial charge on any atom is -0.324 e. The van der Waals surface area contributed by atoms with E-state index in [1.807, 2.05) is 18.2 Å². The van der Waals surface area contributed by atoms with Crippen molar-refractivity contribution in [2.75, 3.05) is 14.1 Å². The van der Waals surface area contributed by atoms with Crippen LogP contribution < -0.4 is 0 Å². The van der Waals surface area contributed by atoms with E-state index in [1.165, 1.54) is 5.56 Å². The Labute approximate surface area is 143 Å². The zero-order valence-corrected chi connectivity index (χ0v) is 14.2. The summed E-state index contributed by atoms with van der Waals surface area (Å²) in [6.07, 6.45) is 1.40. The fourth-order valence-corrected chi connectivity index (χ4v) is 3.01. The van der Waals surface area contributed by atoms with Gasteiger partial charge < -0.3 is 9.47 Å². The van der Waals surface area contributed by atoms with E-state index in [0.717, 1.165) is 41.9 Å². The highest BCUT2D eigenvalue weighted by atomic mass is 15.1. The first-order chi connectivity index (χ1) is 11.7. The standard InChI is InChI=1S/C20H22N4/c1-23(2)15-16-8-7-9-17(14-16)20-22-18-10-3-4-11-19(18)24(20)13-6-5-12-21/h3-4,7-11,14H,5-6,13,15H2,1-2H3. The largest absolute Gasteiger partial charge is 0.324 e. The Morgan fingerprint density at radius 1 is 1.12 bits per heavy atom. The van der Waals surface area contributed by atoms with E-state index in [4.69, 9.17) is 10.2 Å². The van der Waals surface area contributed by atoms with Crippen LogP contribution in [0.3, 0.4) is 0 Å². The van der Waals surface area contributed by atoms with Crippen molar-refractivity contribution < 1.29 is 0 Å². The molecule has 0 saturated carbocycles. The maximum absolute atomic E-state index is 8.84. The Morgan fingerprint density at radius 3 is 2.75 bits per heavy atom. The Bertz CT molecular complexity index is 871. The second-order valence-corrected chi connectivity index (χ2v) is 6.28. The average molecular weight is 318 g/mol. The molecule has 0 unspecified atom stereocenters. The molecule has 0 spiro atoms. The zero-order chi connectivity index (χ0) is 16.9. The van der Waals surface area contributed by atoms with Crippen molar-refractivity contribution in [1.82, 2.24) is 14.5 Å². The molecule has 4 nitrogen and oxygen atoms in total. The first-order valence-corrected chi connectivity index (χ1v) is 8.25. The van der Waals surface area contributed by atoms with Gasteiger partial charge in [0.25, 0.3) is 0 Å². The fourth-order valence-electron chi connectivity index (χ4n) is 3.01. The molecule has 2 aromatic carbocycles. The van der Waals surface area contributed by atoms with E-state index in [-0.39, 0.29) is 0 Å². The van der Waals surface area contributed by atoms with E-state index >= 15 is 0 Å². The molecule has 4 heteroatoms. The van der Waals surface area contributed by atoms with Gasteiger partial charge in [0.1, 0.15) is 5.82 Å². The number of para-hydroxylation sites is 2. The van der Waals surface area contributed by atoms with Gasteiger partial charge in [-0.2, -0.15) is 5.26 Å². The quantitative estimate of drug-likeness (QED) is 0.644. The first-order valence-electron chi connectivity index (χ1n) is 8.25. The minimum atomic E-state index is 0.562. The van der Waals surface area contributed by atoms with Gasteiger partial charge in [0.15, 0.2) is 0 Å². The van der Waals surface area contributed by atoms with Crippen LogP contribution in [0.15, 0.2) is 48.5 Å². The third-order valence-electron chi connectivity index (χ3n) is 4.01. The van der Waals surface area contributed by atoms with Crippen LogP contribution >= 0.6 is 0 Å². The lowest BCUT2D eigenvalue weighted by Crippen LogP contribution is -2.10. The van der Waals surface area contributed by atoms with Crippen LogP contribution in [0.25, 0.3) is 22.4 Å². The maximum Gasteiger partial charge on any atom is 0.141 e. The second kappa shape index (κ2) is 7.29. The Morgan fingerprint density at radius 2 is 1.96 bits per heavy atom. The van der Waals surface area contributed by atoms with Crippen LogP contribution in [0.5, 0.6) is 0 Å². The van der Waals surface area contributed by atoms with E-state index in [1.54, 1.807) is 0 Å².